The number of aromatic nitrogens is 1. The summed E-state index contributed by atoms with van der Waals surface area (Å²) in [6, 6.07) is 12.8. The normalized spacial score (nSPS) is 22.5. The molecule has 2 aliphatic heterocycles. The molecule has 194 valence electrons. The number of likely N-dealkylation sites (tertiary alicyclic amines) is 1. The molecule has 1 aromatic heterocycles. The molecule has 4 N–H and O–H groups in total. The minimum absolute atomic E-state index is 0. The van der Waals surface area contributed by atoms with E-state index in [4.69, 9.17) is 0 Å². The SMILES string of the molecule is CN1CCNCC1.O.O=C(NCC1CC12CCN(Cc1ccccc1)CC2)C1=Cc2cnccc2C1. The van der Waals surface area contributed by atoms with Crippen molar-refractivity contribution in [2.45, 2.75) is 32.2 Å². The lowest BCUT2D eigenvalue weighted by Gasteiger charge is -2.33. The Balaban J connectivity index is 0.000000331. The van der Waals surface area contributed by atoms with Crippen molar-refractivity contribution in [3.63, 3.8) is 0 Å². The monoisotopic (exact) mass is 491 g/mol. The third kappa shape index (κ3) is 6.59. The lowest BCUT2D eigenvalue weighted by Crippen LogP contribution is -2.40. The fourth-order valence-electron chi connectivity index (χ4n) is 5.75. The molecule has 36 heavy (non-hydrogen) atoms. The van der Waals surface area contributed by atoms with Crippen LogP contribution in [0.5, 0.6) is 0 Å². The first-order valence-electron chi connectivity index (χ1n) is 13.2. The quantitative estimate of drug-likeness (QED) is 0.669. The van der Waals surface area contributed by atoms with Crippen molar-refractivity contribution in [3.05, 3.63) is 71.1 Å². The van der Waals surface area contributed by atoms with Gasteiger partial charge >= 0.3 is 0 Å². The summed E-state index contributed by atoms with van der Waals surface area (Å²) in [5, 5.41) is 6.48. The number of likely N-dealkylation sites (N-methyl/N-ethyl adjacent to an activating group) is 1. The summed E-state index contributed by atoms with van der Waals surface area (Å²) in [5.74, 6) is 0.751. The number of nitrogens with zero attached hydrogens (tertiary/aromatic N) is 3. The van der Waals surface area contributed by atoms with Crippen LogP contribution in [0.25, 0.3) is 6.08 Å². The van der Waals surface area contributed by atoms with Crippen LogP contribution in [0.1, 0.15) is 36.0 Å². The number of carbonyl (C=O) groups is 1. The number of hydrogen-bond donors (Lipinski definition) is 2. The van der Waals surface area contributed by atoms with Gasteiger partial charge in [-0.15, -0.1) is 0 Å². The number of nitrogens with one attached hydrogen (secondary N) is 2. The molecular formula is C29H41N5O2. The van der Waals surface area contributed by atoms with E-state index < -0.39 is 0 Å². The second-order valence-corrected chi connectivity index (χ2v) is 10.7. The van der Waals surface area contributed by atoms with Crippen LogP contribution in [0.2, 0.25) is 0 Å². The molecule has 0 bridgehead atoms. The summed E-state index contributed by atoms with van der Waals surface area (Å²) in [7, 11) is 2.15. The van der Waals surface area contributed by atoms with E-state index in [1.807, 2.05) is 18.3 Å². The maximum absolute atomic E-state index is 12.6. The highest BCUT2D eigenvalue weighted by Crippen LogP contribution is 2.59. The van der Waals surface area contributed by atoms with Crippen molar-refractivity contribution in [1.82, 2.24) is 25.4 Å². The molecule has 1 amide bonds. The molecule has 2 aliphatic carbocycles. The van der Waals surface area contributed by atoms with Crippen LogP contribution in [0.3, 0.4) is 0 Å². The summed E-state index contributed by atoms with van der Waals surface area (Å²) in [4.78, 5) is 21.6. The Morgan fingerprint density at radius 1 is 1.11 bits per heavy atom. The molecule has 7 nitrogen and oxygen atoms in total. The van der Waals surface area contributed by atoms with E-state index in [1.165, 1.54) is 56.6 Å². The van der Waals surface area contributed by atoms with Gasteiger partial charge in [-0.25, -0.2) is 0 Å². The predicted octanol–water partition coefficient (Wildman–Crippen LogP) is 2.14. The van der Waals surface area contributed by atoms with Crippen LogP contribution in [0, 0.1) is 11.3 Å². The Morgan fingerprint density at radius 3 is 2.53 bits per heavy atom. The number of fused-ring (bicyclic) bond motifs is 1. The zero-order valence-corrected chi connectivity index (χ0v) is 21.5. The number of pyridine rings is 1. The molecular weight excluding hydrogens is 450 g/mol. The minimum atomic E-state index is 0. The molecule has 4 aliphatic rings. The first kappa shape index (κ1) is 26.5. The van der Waals surface area contributed by atoms with Crippen molar-refractivity contribution in [3.8, 4) is 0 Å². The third-order valence-electron chi connectivity index (χ3n) is 8.26. The summed E-state index contributed by atoms with van der Waals surface area (Å²) in [5.41, 5.74) is 5.04. The van der Waals surface area contributed by atoms with Crippen LogP contribution < -0.4 is 10.6 Å². The third-order valence-corrected chi connectivity index (χ3v) is 8.26. The Bertz CT molecular complexity index is 1030. The van der Waals surface area contributed by atoms with Gasteiger partial charge in [0, 0.05) is 63.7 Å². The van der Waals surface area contributed by atoms with Gasteiger partial charge in [0.05, 0.1) is 0 Å². The Kier molecular flexibility index (Phi) is 8.90. The number of piperidine rings is 1. The van der Waals surface area contributed by atoms with Crippen molar-refractivity contribution in [2.24, 2.45) is 11.3 Å². The molecule has 2 saturated heterocycles. The van der Waals surface area contributed by atoms with E-state index in [-0.39, 0.29) is 11.4 Å². The topological polar surface area (TPSA) is 92.0 Å². The van der Waals surface area contributed by atoms with E-state index in [2.05, 4.69) is 62.8 Å². The van der Waals surface area contributed by atoms with E-state index >= 15 is 0 Å². The number of hydrogen-bond acceptors (Lipinski definition) is 5. The molecule has 2 aromatic rings. The zero-order valence-electron chi connectivity index (χ0n) is 21.5. The smallest absolute Gasteiger partial charge is 0.247 e. The van der Waals surface area contributed by atoms with Crippen LogP contribution in [0.4, 0.5) is 0 Å². The molecule has 1 saturated carbocycles. The molecule has 1 atom stereocenters. The highest BCUT2D eigenvalue weighted by Gasteiger charge is 2.54. The maximum Gasteiger partial charge on any atom is 0.247 e. The van der Waals surface area contributed by atoms with Gasteiger partial charge < -0.3 is 21.0 Å². The number of benzene rings is 1. The van der Waals surface area contributed by atoms with Crippen LogP contribution in [-0.2, 0) is 17.8 Å². The Hall–Kier alpha value is -2.58. The van der Waals surface area contributed by atoms with E-state index in [0.29, 0.717) is 11.3 Å². The summed E-state index contributed by atoms with van der Waals surface area (Å²) < 4.78 is 0. The van der Waals surface area contributed by atoms with E-state index in [9.17, 15) is 4.79 Å². The Morgan fingerprint density at radius 2 is 1.86 bits per heavy atom. The first-order valence-corrected chi connectivity index (χ1v) is 13.2. The number of amides is 1. The molecule has 3 heterocycles. The van der Waals surface area contributed by atoms with Gasteiger partial charge in [-0.1, -0.05) is 30.3 Å². The Labute approximate surface area is 215 Å². The van der Waals surface area contributed by atoms with Crippen LogP contribution >= 0.6 is 0 Å². The molecule has 3 fully saturated rings. The van der Waals surface area contributed by atoms with E-state index in [1.54, 1.807) is 6.20 Å². The number of piperazine rings is 1. The summed E-state index contributed by atoms with van der Waals surface area (Å²) >= 11 is 0. The first-order chi connectivity index (χ1) is 17.1. The standard InChI is InChI=1S/C24H27N3O.C5H12N2.H2O/c28-23(20-12-19-6-9-25-15-21(19)13-20)26-16-22-14-24(22)7-10-27(11-8-24)17-18-4-2-1-3-5-18;1-7-4-2-6-3-5-7;/h1-6,9,13,15,22H,7-8,10-12,14,16-17H2,(H,26,28);6H,2-5H2,1H3;1H2. The highest BCUT2D eigenvalue weighted by atomic mass is 16.1. The molecule has 0 radical (unpaired) electrons. The molecule has 6 rings (SSSR count). The predicted molar refractivity (Wildman–Crippen MR) is 144 cm³/mol. The van der Waals surface area contributed by atoms with Crippen LogP contribution in [0.15, 0.2) is 54.4 Å². The maximum atomic E-state index is 12.6. The van der Waals surface area contributed by atoms with Crippen molar-refractivity contribution in [1.29, 1.82) is 0 Å². The second-order valence-electron chi connectivity index (χ2n) is 10.7. The van der Waals surface area contributed by atoms with Crippen molar-refractivity contribution in [2.75, 3.05) is 52.9 Å². The van der Waals surface area contributed by atoms with Gasteiger partial charge in [-0.05, 0) is 79.6 Å². The van der Waals surface area contributed by atoms with E-state index in [0.717, 1.165) is 43.7 Å². The van der Waals surface area contributed by atoms with Crippen LogP contribution in [-0.4, -0.2) is 79.0 Å². The summed E-state index contributed by atoms with van der Waals surface area (Å²) in [6.45, 7) is 8.97. The fraction of sp³-hybridized carbons (Fsp3) is 0.517. The van der Waals surface area contributed by atoms with Crippen molar-refractivity contribution < 1.29 is 10.3 Å². The average molecular weight is 492 g/mol. The number of carbonyl (C=O) groups excluding carboxylic acids is 1. The zero-order chi connectivity index (χ0) is 24.1. The minimum Gasteiger partial charge on any atom is -0.412 e. The fourth-order valence-corrected chi connectivity index (χ4v) is 5.75. The lowest BCUT2D eigenvalue weighted by atomic mass is 9.90. The lowest BCUT2D eigenvalue weighted by molar-refractivity contribution is -0.117. The number of rotatable bonds is 5. The largest absolute Gasteiger partial charge is 0.412 e. The molecule has 1 spiro atoms. The van der Waals surface area contributed by atoms with Gasteiger partial charge in [-0.2, -0.15) is 0 Å². The molecule has 1 aromatic carbocycles. The summed E-state index contributed by atoms with van der Waals surface area (Å²) in [6.07, 6.45) is 10.2. The second kappa shape index (κ2) is 12.1. The van der Waals surface area contributed by atoms with Gasteiger partial charge in [0.25, 0.3) is 0 Å². The average Bonchev–Trinajstić information content (AvgIpc) is 3.37. The van der Waals surface area contributed by atoms with Gasteiger partial charge in [0.15, 0.2) is 0 Å². The van der Waals surface area contributed by atoms with Gasteiger partial charge in [0.2, 0.25) is 5.91 Å². The van der Waals surface area contributed by atoms with Gasteiger partial charge in [-0.3, -0.25) is 14.7 Å². The molecule has 7 heteroatoms. The van der Waals surface area contributed by atoms with Gasteiger partial charge in [0.1, 0.15) is 0 Å². The molecule has 1 unspecified atom stereocenters. The highest BCUT2D eigenvalue weighted by molar-refractivity contribution is 6.00. The van der Waals surface area contributed by atoms with Crippen molar-refractivity contribution >= 4 is 12.0 Å².